The van der Waals surface area contributed by atoms with Crippen LogP contribution >= 0.6 is 0 Å². The predicted molar refractivity (Wildman–Crippen MR) is 104 cm³/mol. The lowest BCUT2D eigenvalue weighted by Gasteiger charge is -2.24. The van der Waals surface area contributed by atoms with Crippen molar-refractivity contribution < 1.29 is 14.3 Å². The predicted octanol–water partition coefficient (Wildman–Crippen LogP) is 2.66. The van der Waals surface area contributed by atoms with E-state index in [9.17, 15) is 14.7 Å². The van der Waals surface area contributed by atoms with Crippen molar-refractivity contribution >= 4 is 22.6 Å². The van der Waals surface area contributed by atoms with Crippen molar-refractivity contribution in [3.63, 3.8) is 0 Å². The van der Waals surface area contributed by atoms with E-state index in [0.717, 1.165) is 25.7 Å². The van der Waals surface area contributed by atoms with E-state index in [2.05, 4.69) is 6.08 Å². The van der Waals surface area contributed by atoms with Crippen molar-refractivity contribution in [2.45, 2.75) is 37.8 Å². The Morgan fingerprint density at radius 2 is 2.04 bits per heavy atom. The Kier molecular flexibility index (Phi) is 3.84. The fourth-order valence-electron chi connectivity index (χ4n) is 4.66. The summed E-state index contributed by atoms with van der Waals surface area (Å²) in [6, 6.07) is 3.31. The van der Waals surface area contributed by atoms with E-state index in [0.29, 0.717) is 18.8 Å². The molecule has 2 heterocycles. The Bertz CT molecular complexity index is 1090. The third-order valence-electron chi connectivity index (χ3n) is 6.31. The normalized spacial score (nSPS) is 24.4. The number of allylic oxidation sites excluding steroid dienone is 1. The van der Waals surface area contributed by atoms with Crippen LogP contribution in [-0.2, 0) is 0 Å². The molecule has 1 aromatic heterocycles. The van der Waals surface area contributed by atoms with Crippen LogP contribution in [0, 0.1) is 11.7 Å². The number of carbonyl (C=O) groups is 1. The van der Waals surface area contributed by atoms with Crippen LogP contribution in [0.25, 0.3) is 10.9 Å². The first-order valence-corrected chi connectivity index (χ1v) is 9.76. The molecule has 3 aliphatic rings. The quantitative estimate of drug-likeness (QED) is 0.796. The third kappa shape index (κ3) is 2.57. The summed E-state index contributed by atoms with van der Waals surface area (Å²) in [6.07, 6.45) is 7.13. The maximum absolute atomic E-state index is 15.7. The molecule has 146 valence electrons. The van der Waals surface area contributed by atoms with Gasteiger partial charge in [-0.05, 0) is 43.4 Å². The zero-order valence-corrected chi connectivity index (χ0v) is 15.4. The van der Waals surface area contributed by atoms with Crippen LogP contribution in [0.15, 0.2) is 34.8 Å². The molecule has 0 spiro atoms. The number of benzene rings is 1. The number of rotatable bonds is 3. The summed E-state index contributed by atoms with van der Waals surface area (Å²) in [5.74, 6) is -1.49. The number of fused-ring (bicyclic) bond motifs is 2. The molecule has 1 saturated heterocycles. The summed E-state index contributed by atoms with van der Waals surface area (Å²) in [7, 11) is 0. The first kappa shape index (κ1) is 17.4. The SMILES string of the molecule is NC1CCC=C2CN(c3ccc4c(=O)c(C(=O)O)cn(C5CC5)c4c3F)CC21. The van der Waals surface area contributed by atoms with Gasteiger partial charge < -0.3 is 20.3 Å². The van der Waals surface area contributed by atoms with Crippen LogP contribution in [0.1, 0.15) is 42.1 Å². The fourth-order valence-corrected chi connectivity index (χ4v) is 4.66. The van der Waals surface area contributed by atoms with Gasteiger partial charge >= 0.3 is 5.97 Å². The van der Waals surface area contributed by atoms with E-state index in [1.54, 1.807) is 16.7 Å². The largest absolute Gasteiger partial charge is 0.477 e. The lowest BCUT2D eigenvalue weighted by molar-refractivity contribution is 0.0695. The summed E-state index contributed by atoms with van der Waals surface area (Å²) in [6.45, 7) is 1.30. The Morgan fingerprint density at radius 1 is 1.25 bits per heavy atom. The number of halogens is 1. The van der Waals surface area contributed by atoms with E-state index >= 15 is 4.39 Å². The van der Waals surface area contributed by atoms with Gasteiger partial charge in [0.15, 0.2) is 5.82 Å². The Hall–Kier alpha value is -2.67. The molecule has 6 nitrogen and oxygen atoms in total. The molecule has 1 aromatic carbocycles. The van der Waals surface area contributed by atoms with E-state index in [4.69, 9.17) is 5.73 Å². The zero-order chi connectivity index (χ0) is 19.6. The van der Waals surface area contributed by atoms with Crippen LogP contribution in [-0.4, -0.2) is 34.8 Å². The lowest BCUT2D eigenvalue weighted by atomic mass is 9.86. The molecule has 0 radical (unpaired) electrons. The van der Waals surface area contributed by atoms with E-state index < -0.39 is 17.2 Å². The molecular formula is C21H22FN3O3. The van der Waals surface area contributed by atoms with Gasteiger partial charge in [0, 0.05) is 42.7 Å². The second-order valence-electron chi connectivity index (χ2n) is 8.12. The second-order valence-corrected chi connectivity index (χ2v) is 8.12. The van der Waals surface area contributed by atoms with Gasteiger partial charge in [-0.1, -0.05) is 6.08 Å². The first-order valence-electron chi connectivity index (χ1n) is 9.76. The highest BCUT2D eigenvalue weighted by Gasteiger charge is 2.36. The van der Waals surface area contributed by atoms with Gasteiger partial charge in [-0.25, -0.2) is 9.18 Å². The maximum atomic E-state index is 15.7. The van der Waals surface area contributed by atoms with Crippen LogP contribution in [0.3, 0.4) is 0 Å². The molecule has 1 saturated carbocycles. The van der Waals surface area contributed by atoms with Crippen molar-refractivity contribution in [2.75, 3.05) is 18.0 Å². The lowest BCUT2D eigenvalue weighted by Crippen LogP contribution is -2.34. The van der Waals surface area contributed by atoms with Crippen molar-refractivity contribution in [3.05, 3.63) is 51.6 Å². The standard InChI is InChI=1S/C21H22FN3O3/c22-18-17(24-8-11-2-1-3-16(23)14(11)9-24)7-6-13-19(18)25(12-4-5-12)10-15(20(13)26)21(27)28/h2,6-7,10,12,14,16H,1,3-5,8-9,23H2,(H,27,28). The number of carboxylic acid groups (broad SMARTS) is 1. The number of aromatic nitrogens is 1. The molecule has 0 amide bonds. The van der Waals surface area contributed by atoms with Crippen molar-refractivity contribution in [1.82, 2.24) is 4.57 Å². The van der Waals surface area contributed by atoms with Crippen molar-refractivity contribution in [3.8, 4) is 0 Å². The smallest absolute Gasteiger partial charge is 0.341 e. The number of hydrogen-bond acceptors (Lipinski definition) is 4. The summed E-state index contributed by atoms with van der Waals surface area (Å²) < 4.78 is 17.3. The van der Waals surface area contributed by atoms with Gasteiger partial charge in [0.1, 0.15) is 5.56 Å². The van der Waals surface area contributed by atoms with Crippen LogP contribution in [0.2, 0.25) is 0 Å². The molecule has 2 unspecified atom stereocenters. The maximum Gasteiger partial charge on any atom is 0.341 e. The van der Waals surface area contributed by atoms with E-state index in [-0.39, 0.29) is 34.5 Å². The number of nitrogens with two attached hydrogens (primary N) is 1. The van der Waals surface area contributed by atoms with Crippen molar-refractivity contribution in [2.24, 2.45) is 11.7 Å². The van der Waals surface area contributed by atoms with Gasteiger partial charge in [0.25, 0.3) is 0 Å². The van der Waals surface area contributed by atoms with Crippen LogP contribution in [0.5, 0.6) is 0 Å². The molecule has 0 bridgehead atoms. The number of aromatic carboxylic acids is 1. The highest BCUT2D eigenvalue weighted by Crippen LogP contribution is 2.40. The minimum absolute atomic E-state index is 0.0447. The van der Waals surface area contributed by atoms with Gasteiger partial charge in [-0.2, -0.15) is 0 Å². The van der Waals surface area contributed by atoms with E-state index in [1.807, 2.05) is 4.90 Å². The van der Waals surface area contributed by atoms with Gasteiger partial charge in [-0.3, -0.25) is 4.79 Å². The highest BCUT2D eigenvalue weighted by atomic mass is 19.1. The molecule has 2 atom stereocenters. The molecule has 5 rings (SSSR count). The third-order valence-corrected chi connectivity index (χ3v) is 6.31. The molecule has 2 fully saturated rings. The molecular weight excluding hydrogens is 361 g/mol. The number of pyridine rings is 1. The Morgan fingerprint density at radius 3 is 2.71 bits per heavy atom. The summed E-state index contributed by atoms with van der Waals surface area (Å²) in [5, 5.41) is 9.48. The summed E-state index contributed by atoms with van der Waals surface area (Å²) in [4.78, 5) is 26.1. The molecule has 2 aromatic rings. The van der Waals surface area contributed by atoms with Crippen LogP contribution in [0.4, 0.5) is 10.1 Å². The average molecular weight is 383 g/mol. The first-order chi connectivity index (χ1) is 13.5. The van der Waals surface area contributed by atoms with E-state index in [1.165, 1.54) is 11.8 Å². The molecule has 28 heavy (non-hydrogen) atoms. The minimum atomic E-state index is -1.28. The summed E-state index contributed by atoms with van der Waals surface area (Å²) in [5.41, 5.74) is 7.24. The number of hydrogen-bond donors (Lipinski definition) is 2. The number of carboxylic acids is 1. The monoisotopic (exact) mass is 383 g/mol. The topological polar surface area (TPSA) is 88.6 Å². The van der Waals surface area contributed by atoms with Gasteiger partial charge in [-0.15, -0.1) is 0 Å². The summed E-state index contributed by atoms with van der Waals surface area (Å²) >= 11 is 0. The zero-order valence-electron chi connectivity index (χ0n) is 15.4. The van der Waals surface area contributed by atoms with Gasteiger partial charge in [0.2, 0.25) is 5.43 Å². The molecule has 2 aliphatic carbocycles. The highest BCUT2D eigenvalue weighted by molar-refractivity contribution is 5.94. The average Bonchev–Trinajstić information content (AvgIpc) is 3.41. The van der Waals surface area contributed by atoms with Gasteiger partial charge in [0.05, 0.1) is 11.2 Å². The number of anilines is 1. The molecule has 7 heteroatoms. The fraction of sp³-hybridized carbons (Fsp3) is 0.429. The Balaban J connectivity index is 1.66. The number of nitrogens with zero attached hydrogens (tertiary/aromatic N) is 2. The Labute approximate surface area is 161 Å². The molecule has 3 N–H and O–H groups in total. The molecule has 1 aliphatic heterocycles. The van der Waals surface area contributed by atoms with Crippen LogP contribution < -0.4 is 16.1 Å². The minimum Gasteiger partial charge on any atom is -0.477 e. The second kappa shape index (κ2) is 6.17. The van der Waals surface area contributed by atoms with Crippen molar-refractivity contribution in [1.29, 1.82) is 0 Å².